The van der Waals surface area contributed by atoms with Crippen molar-refractivity contribution in [2.45, 2.75) is 12.3 Å². The fourth-order valence-corrected chi connectivity index (χ4v) is 1.23. The second kappa shape index (κ2) is 3.98. The summed E-state index contributed by atoms with van der Waals surface area (Å²) in [5.41, 5.74) is 5.18. The van der Waals surface area contributed by atoms with Crippen LogP contribution in [0.2, 0.25) is 0 Å². The molecule has 0 aromatic carbocycles. The second-order valence-electron chi connectivity index (χ2n) is 2.12. The highest BCUT2D eigenvalue weighted by atomic mass is 32.2. The summed E-state index contributed by atoms with van der Waals surface area (Å²) < 4.78 is 25.2. The zero-order valence-corrected chi connectivity index (χ0v) is 6.91. The van der Waals surface area contributed by atoms with Crippen LogP contribution in [0.1, 0.15) is 0 Å². The first-order chi connectivity index (χ1) is 4.87. The van der Waals surface area contributed by atoms with Crippen LogP contribution in [0.5, 0.6) is 0 Å². The van der Waals surface area contributed by atoms with Crippen molar-refractivity contribution in [3.8, 4) is 0 Å². The van der Waals surface area contributed by atoms with Crippen LogP contribution in [0, 0.1) is 0 Å². The van der Waals surface area contributed by atoms with Crippen molar-refractivity contribution >= 4 is 10.0 Å². The fourth-order valence-electron chi connectivity index (χ4n) is 0.525. The molecule has 11 heavy (non-hydrogen) atoms. The van der Waals surface area contributed by atoms with E-state index < -0.39 is 28.1 Å². The van der Waals surface area contributed by atoms with Gasteiger partial charge in [-0.2, -0.15) is 0 Å². The minimum absolute atomic E-state index is 0.498. The molecule has 0 aliphatic heterocycles. The quantitative estimate of drug-likeness (QED) is 0.420. The van der Waals surface area contributed by atoms with E-state index in [-0.39, 0.29) is 0 Å². The SMILES string of the molecule is COC(O)C(N)CS(N)(=O)=O. The predicted molar refractivity (Wildman–Crippen MR) is 39.0 cm³/mol. The van der Waals surface area contributed by atoms with Gasteiger partial charge in [0.15, 0.2) is 6.29 Å². The van der Waals surface area contributed by atoms with Gasteiger partial charge in [0.25, 0.3) is 0 Å². The summed E-state index contributed by atoms with van der Waals surface area (Å²) >= 11 is 0. The number of rotatable bonds is 4. The van der Waals surface area contributed by atoms with Gasteiger partial charge < -0.3 is 15.6 Å². The maximum absolute atomic E-state index is 10.4. The number of methoxy groups -OCH3 is 1. The Morgan fingerprint density at radius 1 is 1.64 bits per heavy atom. The Morgan fingerprint density at radius 3 is 2.36 bits per heavy atom. The average Bonchev–Trinajstić information content (AvgIpc) is 1.82. The van der Waals surface area contributed by atoms with E-state index >= 15 is 0 Å². The minimum atomic E-state index is -3.64. The lowest BCUT2D eigenvalue weighted by Gasteiger charge is -2.15. The number of sulfonamides is 1. The molecule has 0 bridgehead atoms. The van der Waals surface area contributed by atoms with Crippen molar-refractivity contribution in [1.82, 2.24) is 0 Å². The van der Waals surface area contributed by atoms with Gasteiger partial charge in [-0.25, -0.2) is 13.6 Å². The Morgan fingerprint density at radius 2 is 2.09 bits per heavy atom. The normalized spacial score (nSPS) is 17.8. The number of ether oxygens (including phenoxy) is 1. The first-order valence-electron chi connectivity index (χ1n) is 2.83. The van der Waals surface area contributed by atoms with Crippen LogP contribution in [0.15, 0.2) is 0 Å². The average molecular weight is 184 g/mol. The molecule has 0 rings (SSSR count). The van der Waals surface area contributed by atoms with Gasteiger partial charge in [-0.05, 0) is 0 Å². The molecule has 0 saturated carbocycles. The van der Waals surface area contributed by atoms with Gasteiger partial charge in [0.2, 0.25) is 10.0 Å². The molecular weight excluding hydrogens is 172 g/mol. The third kappa shape index (κ3) is 5.10. The van der Waals surface area contributed by atoms with Crippen molar-refractivity contribution in [1.29, 1.82) is 0 Å². The fraction of sp³-hybridized carbons (Fsp3) is 1.00. The number of aliphatic hydroxyl groups is 1. The number of primary sulfonamides is 1. The van der Waals surface area contributed by atoms with Crippen molar-refractivity contribution < 1.29 is 18.3 Å². The molecule has 0 aromatic rings. The van der Waals surface area contributed by atoms with Gasteiger partial charge in [0, 0.05) is 7.11 Å². The molecular formula is C4H12N2O4S. The monoisotopic (exact) mass is 184 g/mol. The third-order valence-corrected chi connectivity index (χ3v) is 1.88. The van der Waals surface area contributed by atoms with E-state index in [0.717, 1.165) is 0 Å². The molecule has 0 radical (unpaired) electrons. The molecule has 6 nitrogen and oxygen atoms in total. The van der Waals surface area contributed by atoms with Crippen LogP contribution in [-0.2, 0) is 14.8 Å². The summed E-state index contributed by atoms with van der Waals surface area (Å²) in [6.45, 7) is 0. The number of nitrogens with two attached hydrogens (primary N) is 2. The zero-order chi connectivity index (χ0) is 9.07. The summed E-state index contributed by atoms with van der Waals surface area (Å²) in [5.74, 6) is -0.498. The summed E-state index contributed by atoms with van der Waals surface area (Å²) in [6.07, 6.45) is -1.30. The first kappa shape index (κ1) is 10.8. The Labute approximate surface area is 65.2 Å². The Bertz CT molecular complexity index is 202. The standard InChI is InChI=1S/C4H12N2O4S/c1-10-4(7)3(5)2-11(6,8)9/h3-4,7H,2,5H2,1H3,(H2,6,8,9). The lowest BCUT2D eigenvalue weighted by molar-refractivity contribution is -0.0850. The summed E-state index contributed by atoms with van der Waals surface area (Å²) in [6, 6.07) is -1.00. The highest BCUT2D eigenvalue weighted by Crippen LogP contribution is 1.93. The first-order valence-corrected chi connectivity index (χ1v) is 4.55. The van der Waals surface area contributed by atoms with Crippen molar-refractivity contribution in [3.05, 3.63) is 0 Å². The van der Waals surface area contributed by atoms with E-state index in [0.29, 0.717) is 0 Å². The topological polar surface area (TPSA) is 116 Å². The van der Waals surface area contributed by atoms with E-state index in [1.807, 2.05) is 0 Å². The van der Waals surface area contributed by atoms with Gasteiger partial charge in [0.05, 0.1) is 11.8 Å². The predicted octanol–water partition coefficient (Wildman–Crippen LogP) is -2.43. The van der Waals surface area contributed by atoms with Gasteiger partial charge in [-0.1, -0.05) is 0 Å². The molecule has 0 saturated heterocycles. The number of hydrogen-bond donors (Lipinski definition) is 3. The molecule has 7 heteroatoms. The molecule has 2 unspecified atom stereocenters. The third-order valence-electron chi connectivity index (χ3n) is 1.03. The Balaban J connectivity index is 3.98. The highest BCUT2D eigenvalue weighted by Gasteiger charge is 2.18. The van der Waals surface area contributed by atoms with Crippen LogP contribution in [0.3, 0.4) is 0 Å². The van der Waals surface area contributed by atoms with E-state index in [4.69, 9.17) is 10.8 Å². The number of hydrogen-bond acceptors (Lipinski definition) is 5. The van der Waals surface area contributed by atoms with Gasteiger partial charge >= 0.3 is 0 Å². The van der Waals surface area contributed by atoms with Crippen LogP contribution >= 0.6 is 0 Å². The Kier molecular flexibility index (Phi) is 3.90. The highest BCUT2D eigenvalue weighted by molar-refractivity contribution is 7.89. The minimum Gasteiger partial charge on any atom is -0.367 e. The maximum atomic E-state index is 10.4. The molecule has 0 heterocycles. The summed E-state index contributed by atoms with van der Waals surface area (Å²) in [7, 11) is -2.43. The lowest BCUT2D eigenvalue weighted by atomic mass is 10.3. The van der Waals surface area contributed by atoms with Crippen molar-refractivity contribution in [3.63, 3.8) is 0 Å². The zero-order valence-electron chi connectivity index (χ0n) is 6.10. The molecule has 0 aliphatic rings. The molecule has 2 atom stereocenters. The van der Waals surface area contributed by atoms with Crippen molar-refractivity contribution in [2.24, 2.45) is 10.9 Å². The lowest BCUT2D eigenvalue weighted by Crippen LogP contribution is -2.43. The van der Waals surface area contributed by atoms with E-state index in [1.54, 1.807) is 0 Å². The molecule has 5 N–H and O–H groups in total. The molecule has 68 valence electrons. The smallest absolute Gasteiger partial charge is 0.210 e. The van der Waals surface area contributed by atoms with E-state index in [1.165, 1.54) is 7.11 Å². The molecule has 0 aliphatic carbocycles. The van der Waals surface area contributed by atoms with E-state index in [9.17, 15) is 8.42 Å². The molecule has 0 amide bonds. The largest absolute Gasteiger partial charge is 0.367 e. The van der Waals surface area contributed by atoms with Gasteiger partial charge in [0.1, 0.15) is 0 Å². The Hall–Kier alpha value is -0.210. The molecule has 0 aromatic heterocycles. The maximum Gasteiger partial charge on any atom is 0.210 e. The van der Waals surface area contributed by atoms with Crippen LogP contribution in [-0.4, -0.2) is 38.7 Å². The molecule has 0 fully saturated rings. The van der Waals surface area contributed by atoms with Gasteiger partial charge in [-0.15, -0.1) is 0 Å². The second-order valence-corrected chi connectivity index (χ2v) is 3.78. The van der Waals surface area contributed by atoms with Crippen LogP contribution < -0.4 is 10.9 Å². The summed E-state index contributed by atoms with van der Waals surface area (Å²) in [5, 5.41) is 13.5. The van der Waals surface area contributed by atoms with Gasteiger partial charge in [-0.3, -0.25) is 0 Å². The van der Waals surface area contributed by atoms with Crippen molar-refractivity contribution in [2.75, 3.05) is 12.9 Å². The number of aliphatic hydroxyl groups excluding tert-OH is 1. The molecule has 0 spiro atoms. The van der Waals surface area contributed by atoms with E-state index in [2.05, 4.69) is 9.88 Å². The summed E-state index contributed by atoms with van der Waals surface area (Å²) in [4.78, 5) is 0. The van der Waals surface area contributed by atoms with Crippen LogP contribution in [0.4, 0.5) is 0 Å². The van der Waals surface area contributed by atoms with Crippen LogP contribution in [0.25, 0.3) is 0 Å².